The van der Waals surface area contributed by atoms with Gasteiger partial charge in [-0.2, -0.15) is 13.2 Å². The van der Waals surface area contributed by atoms with Gasteiger partial charge in [0.1, 0.15) is 4.95 Å². The Morgan fingerprint density at radius 1 is 1.45 bits per heavy atom. The monoisotopic (exact) mass is 227 g/mol. The van der Waals surface area contributed by atoms with Crippen molar-refractivity contribution in [1.82, 2.24) is 5.32 Å². The van der Waals surface area contributed by atoms with E-state index in [-0.39, 0.29) is 0 Å². The second-order valence-corrected chi connectivity index (χ2v) is 3.01. The molecule has 1 unspecified atom stereocenters. The molecule has 1 heterocycles. The molecule has 11 heavy (non-hydrogen) atoms. The van der Waals surface area contributed by atoms with Gasteiger partial charge in [-0.3, -0.25) is 0 Å². The Labute approximate surface area is 70.1 Å². The standard InChI is InChI=1S/C6H5BrF3N/c7-5-3-4(1-2-11-5)6(8,9)10/h1-3,5,11H. The van der Waals surface area contributed by atoms with Gasteiger partial charge in [-0.05, 0) is 18.4 Å². The summed E-state index contributed by atoms with van der Waals surface area (Å²) in [6.07, 6.45) is -0.912. The van der Waals surface area contributed by atoms with Crippen molar-refractivity contribution in [2.45, 2.75) is 11.1 Å². The lowest BCUT2D eigenvalue weighted by Crippen LogP contribution is -2.22. The van der Waals surface area contributed by atoms with E-state index in [2.05, 4.69) is 21.2 Å². The van der Waals surface area contributed by atoms with Gasteiger partial charge >= 0.3 is 6.18 Å². The minimum Gasteiger partial charge on any atom is -0.375 e. The Morgan fingerprint density at radius 3 is 2.45 bits per heavy atom. The minimum atomic E-state index is -4.25. The molecule has 0 bridgehead atoms. The fourth-order valence-corrected chi connectivity index (χ4v) is 1.12. The van der Waals surface area contributed by atoms with E-state index < -0.39 is 16.7 Å². The maximum atomic E-state index is 11.9. The lowest BCUT2D eigenvalue weighted by molar-refractivity contribution is -0.0886. The molecule has 0 spiro atoms. The van der Waals surface area contributed by atoms with Gasteiger partial charge in [0.25, 0.3) is 0 Å². The van der Waals surface area contributed by atoms with Crippen molar-refractivity contribution < 1.29 is 13.2 Å². The van der Waals surface area contributed by atoms with Gasteiger partial charge in [-0.15, -0.1) is 0 Å². The largest absolute Gasteiger partial charge is 0.416 e. The van der Waals surface area contributed by atoms with Crippen LogP contribution in [0.25, 0.3) is 0 Å². The molecule has 0 aliphatic carbocycles. The Bertz CT molecular complexity index is 206. The van der Waals surface area contributed by atoms with E-state index in [1.807, 2.05) is 0 Å². The summed E-state index contributed by atoms with van der Waals surface area (Å²) in [5.41, 5.74) is -0.627. The van der Waals surface area contributed by atoms with Gasteiger partial charge in [0, 0.05) is 0 Å². The van der Waals surface area contributed by atoms with Gasteiger partial charge in [0.15, 0.2) is 0 Å². The van der Waals surface area contributed by atoms with Crippen LogP contribution in [0.1, 0.15) is 0 Å². The normalized spacial score (nSPS) is 24.4. The number of hydrogen-bond acceptors (Lipinski definition) is 1. The van der Waals surface area contributed by atoms with Crippen LogP contribution >= 0.6 is 15.9 Å². The molecule has 62 valence electrons. The van der Waals surface area contributed by atoms with Crippen LogP contribution in [0.2, 0.25) is 0 Å². The van der Waals surface area contributed by atoms with Crippen LogP contribution in [0.3, 0.4) is 0 Å². The first kappa shape index (κ1) is 8.64. The molecule has 1 rings (SSSR count). The van der Waals surface area contributed by atoms with Gasteiger partial charge in [-0.25, -0.2) is 0 Å². The molecule has 0 fully saturated rings. The summed E-state index contributed by atoms with van der Waals surface area (Å²) in [6, 6.07) is 0. The molecule has 1 aliphatic rings. The van der Waals surface area contributed by atoms with Crippen LogP contribution in [0, 0.1) is 0 Å². The number of alkyl halides is 4. The van der Waals surface area contributed by atoms with Crippen LogP contribution in [0.15, 0.2) is 23.9 Å². The zero-order chi connectivity index (χ0) is 8.48. The first-order valence-corrected chi connectivity index (χ1v) is 3.77. The van der Waals surface area contributed by atoms with Crippen molar-refractivity contribution >= 4 is 15.9 Å². The van der Waals surface area contributed by atoms with E-state index >= 15 is 0 Å². The van der Waals surface area contributed by atoms with E-state index in [9.17, 15) is 13.2 Å². The summed E-state index contributed by atoms with van der Waals surface area (Å²) in [5.74, 6) is 0. The maximum absolute atomic E-state index is 11.9. The number of hydrogen-bond donors (Lipinski definition) is 1. The van der Waals surface area contributed by atoms with Crippen LogP contribution in [0.4, 0.5) is 13.2 Å². The fourth-order valence-electron chi connectivity index (χ4n) is 0.680. The van der Waals surface area contributed by atoms with E-state index in [0.717, 1.165) is 12.2 Å². The predicted molar refractivity (Wildman–Crippen MR) is 39.1 cm³/mol. The highest BCUT2D eigenvalue weighted by Gasteiger charge is 2.32. The summed E-state index contributed by atoms with van der Waals surface area (Å²) < 4.78 is 35.8. The summed E-state index contributed by atoms with van der Waals surface area (Å²) in [7, 11) is 0. The fraction of sp³-hybridized carbons (Fsp3) is 0.333. The van der Waals surface area contributed by atoms with E-state index in [1.54, 1.807) is 0 Å². The van der Waals surface area contributed by atoms with Crippen LogP contribution in [-0.4, -0.2) is 11.1 Å². The summed E-state index contributed by atoms with van der Waals surface area (Å²) >= 11 is 2.98. The van der Waals surface area contributed by atoms with Crippen molar-refractivity contribution in [3.8, 4) is 0 Å². The van der Waals surface area contributed by atoms with Crippen molar-refractivity contribution in [2.75, 3.05) is 0 Å². The highest BCUT2D eigenvalue weighted by molar-refractivity contribution is 9.09. The van der Waals surface area contributed by atoms with Crippen molar-refractivity contribution in [3.63, 3.8) is 0 Å². The molecular weight excluding hydrogens is 223 g/mol. The molecule has 0 amide bonds. The third-order valence-corrected chi connectivity index (χ3v) is 1.70. The van der Waals surface area contributed by atoms with Crippen LogP contribution in [0.5, 0.6) is 0 Å². The molecule has 1 aliphatic heterocycles. The maximum Gasteiger partial charge on any atom is 0.416 e. The van der Waals surface area contributed by atoms with Gasteiger partial charge in [-0.1, -0.05) is 15.9 Å². The zero-order valence-electron chi connectivity index (χ0n) is 5.32. The summed E-state index contributed by atoms with van der Waals surface area (Å²) in [5, 5.41) is 2.64. The summed E-state index contributed by atoms with van der Waals surface area (Å²) in [6.45, 7) is 0. The number of dihydropyridines is 1. The SMILES string of the molecule is FC(F)(F)C1=CC(Br)NC=C1. The lowest BCUT2D eigenvalue weighted by Gasteiger charge is -2.15. The average molecular weight is 228 g/mol. The number of nitrogens with one attached hydrogen (secondary N) is 1. The summed E-state index contributed by atoms with van der Waals surface area (Å²) in [4.78, 5) is -0.427. The number of rotatable bonds is 0. The second-order valence-electron chi connectivity index (χ2n) is 2.02. The highest BCUT2D eigenvalue weighted by atomic mass is 79.9. The molecule has 0 aromatic carbocycles. The third kappa shape index (κ3) is 2.25. The molecule has 0 aromatic heterocycles. The molecule has 1 N–H and O–H groups in total. The molecule has 0 saturated carbocycles. The van der Waals surface area contributed by atoms with Crippen LogP contribution in [-0.2, 0) is 0 Å². The predicted octanol–water partition coefficient (Wildman–Crippen LogP) is 2.31. The molecular formula is C6H5BrF3N. The first-order valence-electron chi connectivity index (χ1n) is 2.86. The molecule has 0 radical (unpaired) electrons. The van der Waals surface area contributed by atoms with Crippen LogP contribution < -0.4 is 5.32 Å². The average Bonchev–Trinajstić information content (AvgIpc) is 1.86. The molecule has 5 heteroatoms. The quantitative estimate of drug-likeness (QED) is 0.495. The highest BCUT2D eigenvalue weighted by Crippen LogP contribution is 2.28. The van der Waals surface area contributed by atoms with E-state index in [0.29, 0.717) is 0 Å². The molecule has 1 nitrogen and oxygen atoms in total. The molecule has 0 aromatic rings. The van der Waals surface area contributed by atoms with Crippen molar-refractivity contribution in [1.29, 1.82) is 0 Å². The smallest absolute Gasteiger partial charge is 0.375 e. The molecule has 0 saturated heterocycles. The number of allylic oxidation sites excluding steroid dienone is 2. The van der Waals surface area contributed by atoms with Gasteiger partial charge in [0.05, 0.1) is 5.57 Å². The Morgan fingerprint density at radius 2 is 2.09 bits per heavy atom. The third-order valence-electron chi connectivity index (χ3n) is 1.17. The lowest BCUT2D eigenvalue weighted by atomic mass is 10.2. The van der Waals surface area contributed by atoms with Crippen molar-refractivity contribution in [2.24, 2.45) is 0 Å². The Balaban J connectivity index is 2.80. The van der Waals surface area contributed by atoms with Gasteiger partial charge in [0.2, 0.25) is 0 Å². The Hall–Kier alpha value is -0.450. The second kappa shape index (κ2) is 2.89. The van der Waals surface area contributed by atoms with E-state index in [1.165, 1.54) is 6.20 Å². The zero-order valence-corrected chi connectivity index (χ0v) is 6.91. The van der Waals surface area contributed by atoms with Gasteiger partial charge < -0.3 is 5.32 Å². The molecule has 1 atom stereocenters. The Kier molecular flexibility index (Phi) is 2.27. The number of halogens is 4. The van der Waals surface area contributed by atoms with Crippen molar-refractivity contribution in [3.05, 3.63) is 23.9 Å². The minimum absolute atomic E-state index is 0.427. The topological polar surface area (TPSA) is 12.0 Å². The first-order chi connectivity index (χ1) is 5.00. The van der Waals surface area contributed by atoms with E-state index in [4.69, 9.17) is 0 Å².